The summed E-state index contributed by atoms with van der Waals surface area (Å²) in [5.74, 6) is 0.726. The highest BCUT2D eigenvalue weighted by Gasteiger charge is 2.27. The van der Waals surface area contributed by atoms with Crippen LogP contribution in [0.1, 0.15) is 49.7 Å². The van der Waals surface area contributed by atoms with Gasteiger partial charge in [0, 0.05) is 37.4 Å². The van der Waals surface area contributed by atoms with Gasteiger partial charge >= 0.3 is 0 Å². The average Bonchev–Trinajstić information content (AvgIpc) is 3.10. The highest BCUT2D eigenvalue weighted by molar-refractivity contribution is 5.96. The van der Waals surface area contributed by atoms with Gasteiger partial charge in [-0.2, -0.15) is 0 Å². The lowest BCUT2D eigenvalue weighted by Gasteiger charge is -2.32. The number of pyridine rings is 1. The molecule has 3 heterocycles. The molecule has 2 aromatic heterocycles. The number of carbonyl (C=O) groups is 1. The van der Waals surface area contributed by atoms with Crippen LogP contribution in [0.5, 0.6) is 5.88 Å². The fourth-order valence-electron chi connectivity index (χ4n) is 3.28. The van der Waals surface area contributed by atoms with E-state index in [1.54, 1.807) is 18.3 Å². The second kappa shape index (κ2) is 7.43. The van der Waals surface area contributed by atoms with E-state index in [1.165, 1.54) is 7.11 Å². The standard InChI is InChI=1S/C19H27N5O2/c1-19(2,3)16-13-24(22-21-16)12-14-7-6-10-23(11-14)18(25)15-8-5-9-20-17(15)26-4/h5,8-9,13-14H,6-7,10-12H2,1-4H3. The van der Waals surface area contributed by atoms with Crippen LogP contribution in [0.25, 0.3) is 0 Å². The number of hydrogen-bond donors (Lipinski definition) is 0. The van der Waals surface area contributed by atoms with Crippen LogP contribution in [0.15, 0.2) is 24.5 Å². The predicted octanol–water partition coefficient (Wildman–Crippen LogP) is 2.53. The van der Waals surface area contributed by atoms with Crippen molar-refractivity contribution >= 4 is 5.91 Å². The van der Waals surface area contributed by atoms with Gasteiger partial charge in [-0.1, -0.05) is 26.0 Å². The highest BCUT2D eigenvalue weighted by Crippen LogP contribution is 2.24. The van der Waals surface area contributed by atoms with Crippen LogP contribution in [0.3, 0.4) is 0 Å². The van der Waals surface area contributed by atoms with E-state index in [4.69, 9.17) is 4.74 Å². The van der Waals surface area contributed by atoms with E-state index < -0.39 is 0 Å². The molecule has 0 aromatic carbocycles. The minimum absolute atomic E-state index is 0.0102. The summed E-state index contributed by atoms with van der Waals surface area (Å²) < 4.78 is 7.14. The number of likely N-dealkylation sites (tertiary alicyclic amines) is 1. The third-order valence-electron chi connectivity index (χ3n) is 4.75. The van der Waals surface area contributed by atoms with Crippen molar-refractivity contribution in [2.45, 2.75) is 45.6 Å². The van der Waals surface area contributed by atoms with Crippen LogP contribution < -0.4 is 4.74 Å². The fourth-order valence-corrected chi connectivity index (χ4v) is 3.28. The Hall–Kier alpha value is -2.44. The maximum Gasteiger partial charge on any atom is 0.259 e. The van der Waals surface area contributed by atoms with Gasteiger partial charge in [0.15, 0.2) is 0 Å². The van der Waals surface area contributed by atoms with Gasteiger partial charge in [0.1, 0.15) is 5.56 Å². The number of piperidine rings is 1. The Kier molecular flexibility index (Phi) is 5.25. The molecule has 2 aromatic rings. The van der Waals surface area contributed by atoms with Crippen molar-refractivity contribution in [2.24, 2.45) is 5.92 Å². The number of amides is 1. The van der Waals surface area contributed by atoms with E-state index in [0.717, 1.165) is 31.6 Å². The van der Waals surface area contributed by atoms with E-state index in [2.05, 4.69) is 36.1 Å². The van der Waals surface area contributed by atoms with Crippen LogP contribution in [-0.4, -0.2) is 51.0 Å². The predicted molar refractivity (Wildman–Crippen MR) is 98.1 cm³/mol. The summed E-state index contributed by atoms with van der Waals surface area (Å²) in [4.78, 5) is 18.9. The van der Waals surface area contributed by atoms with E-state index >= 15 is 0 Å². The van der Waals surface area contributed by atoms with Crippen molar-refractivity contribution in [1.29, 1.82) is 0 Å². The molecule has 1 aliphatic heterocycles. The Morgan fingerprint density at radius 1 is 1.38 bits per heavy atom. The number of nitrogens with zero attached hydrogens (tertiary/aromatic N) is 5. The molecule has 140 valence electrons. The topological polar surface area (TPSA) is 73.1 Å². The van der Waals surface area contributed by atoms with Crippen LogP contribution in [0.2, 0.25) is 0 Å². The molecule has 1 unspecified atom stereocenters. The van der Waals surface area contributed by atoms with Gasteiger partial charge in [-0.3, -0.25) is 9.48 Å². The van der Waals surface area contributed by atoms with Gasteiger partial charge in [0.25, 0.3) is 5.91 Å². The summed E-state index contributed by atoms with van der Waals surface area (Å²) in [5, 5.41) is 8.55. The Morgan fingerprint density at radius 3 is 2.88 bits per heavy atom. The maximum atomic E-state index is 12.9. The van der Waals surface area contributed by atoms with E-state index in [0.29, 0.717) is 23.9 Å². The number of hydrogen-bond acceptors (Lipinski definition) is 5. The summed E-state index contributed by atoms with van der Waals surface area (Å²) in [7, 11) is 1.54. The molecule has 0 saturated carbocycles. The van der Waals surface area contributed by atoms with Crippen molar-refractivity contribution in [2.75, 3.05) is 20.2 Å². The molecule has 1 amide bonds. The summed E-state index contributed by atoms with van der Waals surface area (Å²) in [6.45, 7) is 8.63. The van der Waals surface area contributed by atoms with Gasteiger partial charge < -0.3 is 9.64 Å². The first-order valence-corrected chi connectivity index (χ1v) is 9.07. The summed E-state index contributed by atoms with van der Waals surface area (Å²) in [6.07, 6.45) is 5.72. The number of ether oxygens (including phenoxy) is 1. The average molecular weight is 357 g/mol. The molecule has 0 aliphatic carbocycles. The van der Waals surface area contributed by atoms with Crippen molar-refractivity contribution in [3.05, 3.63) is 35.8 Å². The van der Waals surface area contributed by atoms with Crippen LogP contribution in [0.4, 0.5) is 0 Å². The third kappa shape index (κ3) is 4.03. The summed E-state index contributed by atoms with van der Waals surface area (Å²) in [6, 6.07) is 3.53. The monoisotopic (exact) mass is 357 g/mol. The van der Waals surface area contributed by atoms with Gasteiger partial charge in [-0.05, 0) is 30.9 Å². The maximum absolute atomic E-state index is 12.9. The summed E-state index contributed by atoms with van der Waals surface area (Å²) in [5.41, 5.74) is 1.50. The lowest BCUT2D eigenvalue weighted by Crippen LogP contribution is -2.41. The molecule has 7 nitrogen and oxygen atoms in total. The Balaban J connectivity index is 1.67. The van der Waals surface area contributed by atoms with Crippen LogP contribution >= 0.6 is 0 Å². The van der Waals surface area contributed by atoms with Gasteiger partial charge in [-0.25, -0.2) is 4.98 Å². The number of methoxy groups -OCH3 is 1. The molecule has 0 radical (unpaired) electrons. The largest absolute Gasteiger partial charge is 0.480 e. The molecule has 0 N–H and O–H groups in total. The van der Waals surface area contributed by atoms with Gasteiger partial charge in [0.05, 0.1) is 12.8 Å². The molecule has 7 heteroatoms. The highest BCUT2D eigenvalue weighted by atomic mass is 16.5. The second-order valence-electron chi connectivity index (χ2n) is 7.90. The van der Waals surface area contributed by atoms with E-state index in [1.807, 2.05) is 15.8 Å². The van der Waals surface area contributed by atoms with Crippen molar-refractivity contribution in [1.82, 2.24) is 24.9 Å². The Labute approximate surface area is 154 Å². The first-order valence-electron chi connectivity index (χ1n) is 9.07. The molecule has 1 aliphatic rings. The Bertz CT molecular complexity index is 765. The van der Waals surface area contributed by atoms with Crippen LogP contribution in [-0.2, 0) is 12.0 Å². The first kappa shape index (κ1) is 18.4. The van der Waals surface area contributed by atoms with Crippen molar-refractivity contribution in [3.8, 4) is 5.88 Å². The van der Waals surface area contributed by atoms with Gasteiger partial charge in [-0.15, -0.1) is 5.10 Å². The first-order chi connectivity index (χ1) is 12.4. The van der Waals surface area contributed by atoms with Crippen molar-refractivity contribution in [3.63, 3.8) is 0 Å². The smallest absolute Gasteiger partial charge is 0.259 e. The van der Waals surface area contributed by atoms with Gasteiger partial charge in [0.2, 0.25) is 5.88 Å². The number of aromatic nitrogens is 4. The molecule has 1 fully saturated rings. The second-order valence-corrected chi connectivity index (χ2v) is 7.90. The molecule has 0 bridgehead atoms. The molecular formula is C19H27N5O2. The molecule has 3 rings (SSSR count). The minimum atomic E-state index is -0.0198. The normalized spacial score (nSPS) is 18.0. The lowest BCUT2D eigenvalue weighted by molar-refractivity contribution is 0.0655. The Morgan fingerprint density at radius 2 is 2.19 bits per heavy atom. The zero-order valence-corrected chi connectivity index (χ0v) is 16.0. The number of carbonyl (C=O) groups excluding carboxylic acids is 1. The zero-order chi connectivity index (χ0) is 18.7. The minimum Gasteiger partial charge on any atom is -0.480 e. The fraction of sp³-hybridized carbons (Fsp3) is 0.579. The van der Waals surface area contributed by atoms with E-state index in [9.17, 15) is 4.79 Å². The summed E-state index contributed by atoms with van der Waals surface area (Å²) >= 11 is 0. The van der Waals surface area contributed by atoms with Crippen molar-refractivity contribution < 1.29 is 9.53 Å². The molecule has 26 heavy (non-hydrogen) atoms. The molecule has 1 atom stereocenters. The third-order valence-corrected chi connectivity index (χ3v) is 4.75. The quantitative estimate of drug-likeness (QED) is 0.841. The van der Waals surface area contributed by atoms with E-state index in [-0.39, 0.29) is 11.3 Å². The number of rotatable bonds is 4. The molecule has 0 spiro atoms. The lowest BCUT2D eigenvalue weighted by atomic mass is 9.93. The zero-order valence-electron chi connectivity index (χ0n) is 16.0. The SMILES string of the molecule is COc1ncccc1C(=O)N1CCCC(Cn2cc(C(C)(C)C)nn2)C1. The molecule has 1 saturated heterocycles. The molecular weight excluding hydrogens is 330 g/mol. The van der Waals surface area contributed by atoms with Crippen LogP contribution in [0, 0.1) is 5.92 Å².